The Kier molecular flexibility index (Phi) is 13.2. The van der Waals surface area contributed by atoms with Crippen LogP contribution in [-0.4, -0.2) is 56.9 Å². The summed E-state index contributed by atoms with van der Waals surface area (Å²) in [6, 6.07) is 21.4. The fraction of sp³-hybridized carbons (Fsp3) is 0.302. The van der Waals surface area contributed by atoms with E-state index in [0.29, 0.717) is 59.1 Å². The van der Waals surface area contributed by atoms with E-state index < -0.39 is 17.9 Å². The number of unbranched alkanes of at least 4 members (excludes halogenated alkanes) is 3. The zero-order chi connectivity index (χ0) is 39.6. The number of hydrogen-bond acceptors (Lipinski definition) is 10. The fourth-order valence-corrected chi connectivity index (χ4v) is 6.51. The summed E-state index contributed by atoms with van der Waals surface area (Å²) in [5.74, 6) is -1.64. The Balaban J connectivity index is 0.000000214. The lowest BCUT2D eigenvalue weighted by molar-refractivity contribution is -0.183. The van der Waals surface area contributed by atoms with E-state index >= 15 is 0 Å². The molecule has 286 valence electrons. The molecular weight excluding hydrogens is 706 g/mol. The van der Waals surface area contributed by atoms with Crippen LogP contribution in [-0.2, 0) is 30.3 Å². The number of ether oxygens (including phenoxy) is 1. The summed E-state index contributed by atoms with van der Waals surface area (Å²) in [5, 5.41) is 32.2. The van der Waals surface area contributed by atoms with Crippen molar-refractivity contribution in [3.8, 4) is 33.9 Å². The molecule has 0 bridgehead atoms. The second-order valence-corrected chi connectivity index (χ2v) is 13.7. The summed E-state index contributed by atoms with van der Waals surface area (Å²) in [6.45, 7) is 3.32. The first kappa shape index (κ1) is 39.9. The third kappa shape index (κ3) is 10.4. The number of nitrogens with one attached hydrogen (secondary N) is 1. The molecule has 1 fully saturated rings. The van der Waals surface area contributed by atoms with Crippen molar-refractivity contribution >= 4 is 40.4 Å². The first-order valence-corrected chi connectivity index (χ1v) is 18.1. The Hall–Kier alpha value is -6.30. The van der Waals surface area contributed by atoms with Crippen molar-refractivity contribution in [1.29, 1.82) is 0 Å². The van der Waals surface area contributed by atoms with Crippen molar-refractivity contribution < 1.29 is 48.4 Å². The highest BCUT2D eigenvalue weighted by Crippen LogP contribution is 2.41. The molecule has 0 radical (unpaired) electrons. The van der Waals surface area contributed by atoms with Crippen LogP contribution in [0, 0.1) is 5.92 Å². The molecule has 55 heavy (non-hydrogen) atoms. The molecule has 3 aromatic carbocycles. The van der Waals surface area contributed by atoms with E-state index in [2.05, 4.69) is 5.32 Å². The molecule has 4 N–H and O–H groups in total. The van der Waals surface area contributed by atoms with Crippen LogP contribution in [0.4, 0.5) is 0 Å². The van der Waals surface area contributed by atoms with Crippen molar-refractivity contribution in [3.63, 3.8) is 0 Å². The topological polar surface area (TPSA) is 198 Å². The van der Waals surface area contributed by atoms with Gasteiger partial charge in [0.25, 0.3) is 0 Å². The number of carbonyl (C=O) groups excluding carboxylic acids is 4. The van der Waals surface area contributed by atoms with Gasteiger partial charge in [0, 0.05) is 47.9 Å². The maximum absolute atomic E-state index is 12.8. The zero-order valence-corrected chi connectivity index (χ0v) is 30.6. The Bertz CT molecular complexity index is 2220. The van der Waals surface area contributed by atoms with Gasteiger partial charge in [-0.15, -0.1) is 0 Å². The number of phenols is 2. The fourth-order valence-electron chi connectivity index (χ4n) is 6.51. The largest absolute Gasteiger partial charge is 0.508 e. The van der Waals surface area contributed by atoms with E-state index in [9.17, 15) is 44.1 Å². The maximum atomic E-state index is 12.8. The molecule has 3 aliphatic rings. The quantitative estimate of drug-likeness (QED) is 0.0497. The number of amides is 1. The highest BCUT2D eigenvalue weighted by molar-refractivity contribution is 6.07. The van der Waals surface area contributed by atoms with Gasteiger partial charge in [-0.25, -0.2) is 4.79 Å². The first-order chi connectivity index (χ1) is 26.3. The van der Waals surface area contributed by atoms with Crippen LogP contribution in [0.2, 0.25) is 0 Å². The molecule has 2 heterocycles. The van der Waals surface area contributed by atoms with Crippen LogP contribution in [0.25, 0.3) is 33.4 Å². The maximum Gasteiger partial charge on any atom is 0.336 e. The van der Waals surface area contributed by atoms with Crippen molar-refractivity contribution in [2.75, 3.05) is 0 Å². The summed E-state index contributed by atoms with van der Waals surface area (Å²) in [4.78, 5) is 71.1. The Labute approximate surface area is 317 Å². The summed E-state index contributed by atoms with van der Waals surface area (Å²) in [5.41, 5.74) is 2.91. The molecule has 6 rings (SSSR count). The number of hydrogen-bond donors (Lipinski definition) is 4. The van der Waals surface area contributed by atoms with Crippen molar-refractivity contribution in [2.24, 2.45) is 5.92 Å². The van der Waals surface area contributed by atoms with Crippen LogP contribution in [0.3, 0.4) is 0 Å². The third-order valence-corrected chi connectivity index (χ3v) is 9.48. The van der Waals surface area contributed by atoms with Gasteiger partial charge in [0.15, 0.2) is 11.2 Å². The molecule has 12 nitrogen and oxygen atoms in total. The summed E-state index contributed by atoms with van der Waals surface area (Å²) < 4.78 is 10.7. The van der Waals surface area contributed by atoms with Gasteiger partial charge < -0.3 is 34.6 Å². The molecule has 3 aromatic rings. The minimum Gasteiger partial charge on any atom is -0.508 e. The highest BCUT2D eigenvalue weighted by atomic mass is 16.6. The molecule has 1 amide bonds. The minimum atomic E-state index is -1.04. The predicted octanol–water partition coefficient (Wildman–Crippen LogP) is 6.84. The second kappa shape index (κ2) is 18.2. The van der Waals surface area contributed by atoms with E-state index in [1.165, 1.54) is 42.5 Å². The lowest BCUT2D eigenvalue weighted by atomic mass is 9.88. The molecule has 0 saturated carbocycles. The molecule has 0 aromatic heterocycles. The summed E-state index contributed by atoms with van der Waals surface area (Å²) in [7, 11) is 0. The van der Waals surface area contributed by atoms with E-state index in [1.807, 2.05) is 0 Å². The smallest absolute Gasteiger partial charge is 0.336 e. The summed E-state index contributed by atoms with van der Waals surface area (Å²) in [6.07, 6.45) is 4.17. The first-order valence-electron chi connectivity index (χ1n) is 18.1. The number of rotatable bonds is 15. The van der Waals surface area contributed by atoms with Crippen molar-refractivity contribution in [2.45, 2.75) is 77.4 Å². The number of carboxylic acids is 1. The molecule has 3 atom stereocenters. The number of aromatic carboxylic acids is 1. The lowest BCUT2D eigenvalue weighted by Gasteiger charge is -2.32. The van der Waals surface area contributed by atoms with Gasteiger partial charge in [-0.05, 0) is 86.7 Å². The Morgan fingerprint density at radius 1 is 0.800 bits per heavy atom. The number of aromatic hydroxyl groups is 2. The van der Waals surface area contributed by atoms with Gasteiger partial charge >= 0.3 is 11.9 Å². The third-order valence-electron chi connectivity index (χ3n) is 9.48. The van der Waals surface area contributed by atoms with Gasteiger partial charge in [-0.3, -0.25) is 19.2 Å². The average Bonchev–Trinajstić information content (AvgIpc) is 3.14. The molecule has 2 aliphatic heterocycles. The van der Waals surface area contributed by atoms with Gasteiger partial charge in [0.05, 0.1) is 11.6 Å². The van der Waals surface area contributed by atoms with E-state index in [-0.39, 0.29) is 58.5 Å². The van der Waals surface area contributed by atoms with Gasteiger partial charge in [-0.1, -0.05) is 43.2 Å². The SMILES string of the molecule is CC(=O)CCCCCCC(=O)N[C@@H](Cc1ccc(O)cc1)C(=O)C[C@@H]1C(=O)O[C@@H]1C.O=C(O)c1ccccc1-c1c2ccc(=O)cc-2oc2cc(O)ccc12. The van der Waals surface area contributed by atoms with Gasteiger partial charge in [0.1, 0.15) is 40.6 Å². The molecular formula is C43H43NO11. The standard InChI is InChI=1S/C23H31NO6.C20H12O5/c1-15(25)7-5-3-4-6-8-22(28)24-20(13-17-9-11-18(26)12-10-17)21(27)14-19-16(2)30-23(19)29;21-11-5-7-15-17(9-11)25-18-10-12(22)6-8-16(18)19(15)13-3-1-2-4-14(13)20(23)24/h9-12,16,19-20,26H,3-8,13-14H2,1-2H3,(H,24,28);1-10,21H,(H,23,24)/t16-,19+,20+;/m1./s1. The molecule has 1 saturated heterocycles. The highest BCUT2D eigenvalue weighted by Gasteiger charge is 2.41. The Morgan fingerprint density at radius 3 is 2.16 bits per heavy atom. The molecule has 12 heteroatoms. The number of Topliss-reactive ketones (excluding diaryl/α,β-unsaturated/α-hetero) is 2. The van der Waals surface area contributed by atoms with Gasteiger partial charge in [-0.2, -0.15) is 0 Å². The number of carboxylic acid groups (broad SMARTS) is 1. The van der Waals surface area contributed by atoms with Crippen LogP contribution < -0.4 is 10.7 Å². The molecule has 1 aliphatic carbocycles. The van der Waals surface area contributed by atoms with Crippen LogP contribution in [0.5, 0.6) is 11.5 Å². The van der Waals surface area contributed by atoms with Crippen molar-refractivity contribution in [3.05, 3.63) is 106 Å². The predicted molar refractivity (Wildman–Crippen MR) is 204 cm³/mol. The number of esters is 1. The second-order valence-electron chi connectivity index (χ2n) is 13.7. The minimum absolute atomic E-state index is 0.0198. The van der Waals surface area contributed by atoms with Crippen molar-refractivity contribution in [1.82, 2.24) is 5.32 Å². The van der Waals surface area contributed by atoms with E-state index in [4.69, 9.17) is 9.15 Å². The number of phenolic OH excluding ortho intramolecular Hbond substituents is 2. The zero-order valence-electron chi connectivity index (χ0n) is 30.6. The summed E-state index contributed by atoms with van der Waals surface area (Å²) >= 11 is 0. The Morgan fingerprint density at radius 2 is 1.49 bits per heavy atom. The number of carbonyl (C=O) groups is 5. The molecule has 0 unspecified atom stereocenters. The number of benzene rings is 4. The van der Waals surface area contributed by atoms with E-state index in [0.717, 1.165) is 24.8 Å². The van der Waals surface area contributed by atoms with Crippen LogP contribution in [0.1, 0.15) is 74.7 Å². The lowest BCUT2D eigenvalue weighted by Crippen LogP contribution is -2.48. The van der Waals surface area contributed by atoms with Crippen LogP contribution >= 0.6 is 0 Å². The number of fused-ring (bicyclic) bond motifs is 2. The van der Waals surface area contributed by atoms with Crippen LogP contribution in [0.15, 0.2) is 94.1 Å². The average molecular weight is 750 g/mol. The number of ketones is 2. The molecule has 0 spiro atoms. The number of cyclic esters (lactones) is 1. The van der Waals surface area contributed by atoms with Gasteiger partial charge in [0.2, 0.25) is 5.91 Å². The van der Waals surface area contributed by atoms with E-state index in [1.54, 1.807) is 56.3 Å². The monoisotopic (exact) mass is 749 g/mol. The normalized spacial score (nSPS) is 15.3.